The first-order chi connectivity index (χ1) is 7.24. The smallest absolute Gasteiger partial charge is 0.0819 e. The number of unbranched alkanes of at least 4 members (excludes halogenated alkanes) is 3. The highest BCUT2D eigenvalue weighted by atomic mass is 16.5. The van der Waals surface area contributed by atoms with Gasteiger partial charge in [-0.3, -0.25) is 0 Å². The van der Waals surface area contributed by atoms with Gasteiger partial charge in [-0.1, -0.05) is 44.9 Å². The third-order valence-corrected chi connectivity index (χ3v) is 3.06. The molecule has 0 aromatic heterocycles. The van der Waals surface area contributed by atoms with Gasteiger partial charge in [0.15, 0.2) is 0 Å². The first-order valence-corrected chi connectivity index (χ1v) is 6.20. The Morgan fingerprint density at radius 3 is 2.87 bits per heavy atom. The average Bonchev–Trinajstić information content (AvgIpc) is 2.24. The molecule has 0 amide bonds. The SMILES string of the molecule is C=C1CCOC(C(=C)CCCCCC)C1. The van der Waals surface area contributed by atoms with Crippen molar-refractivity contribution in [3.8, 4) is 0 Å². The van der Waals surface area contributed by atoms with Gasteiger partial charge in [0, 0.05) is 0 Å². The van der Waals surface area contributed by atoms with Crippen LogP contribution in [0.5, 0.6) is 0 Å². The molecule has 1 heteroatoms. The van der Waals surface area contributed by atoms with Gasteiger partial charge in [-0.2, -0.15) is 0 Å². The Hall–Kier alpha value is -0.560. The fraction of sp³-hybridized carbons (Fsp3) is 0.714. The van der Waals surface area contributed by atoms with Crippen LogP contribution in [0.2, 0.25) is 0 Å². The van der Waals surface area contributed by atoms with E-state index in [4.69, 9.17) is 4.74 Å². The number of rotatable bonds is 6. The molecule has 0 aromatic rings. The summed E-state index contributed by atoms with van der Waals surface area (Å²) in [7, 11) is 0. The lowest BCUT2D eigenvalue weighted by Crippen LogP contribution is -2.22. The van der Waals surface area contributed by atoms with Gasteiger partial charge in [0.1, 0.15) is 0 Å². The molecule has 1 aliphatic heterocycles. The Kier molecular flexibility index (Phi) is 5.70. The topological polar surface area (TPSA) is 9.23 Å². The van der Waals surface area contributed by atoms with Crippen LogP contribution >= 0.6 is 0 Å². The van der Waals surface area contributed by atoms with Gasteiger partial charge in [0.2, 0.25) is 0 Å². The van der Waals surface area contributed by atoms with Crippen molar-refractivity contribution in [1.82, 2.24) is 0 Å². The number of hydrogen-bond acceptors (Lipinski definition) is 1. The van der Waals surface area contributed by atoms with Crippen LogP contribution in [0, 0.1) is 0 Å². The minimum atomic E-state index is 0.257. The summed E-state index contributed by atoms with van der Waals surface area (Å²) < 4.78 is 5.71. The number of ether oxygens (including phenoxy) is 1. The standard InChI is InChI=1S/C14H24O/c1-4-5-6-7-8-13(3)14-11-12(2)9-10-15-14/h14H,2-11H2,1H3. The van der Waals surface area contributed by atoms with E-state index < -0.39 is 0 Å². The first kappa shape index (κ1) is 12.5. The molecule has 1 heterocycles. The van der Waals surface area contributed by atoms with Crippen molar-refractivity contribution in [2.45, 2.75) is 58.0 Å². The highest BCUT2D eigenvalue weighted by molar-refractivity contribution is 5.11. The fourth-order valence-corrected chi connectivity index (χ4v) is 1.97. The van der Waals surface area contributed by atoms with Crippen LogP contribution in [0.25, 0.3) is 0 Å². The van der Waals surface area contributed by atoms with Crippen LogP contribution < -0.4 is 0 Å². The zero-order valence-electron chi connectivity index (χ0n) is 10.1. The highest BCUT2D eigenvalue weighted by Gasteiger charge is 2.18. The molecule has 1 unspecified atom stereocenters. The molecule has 86 valence electrons. The van der Waals surface area contributed by atoms with Crippen LogP contribution in [0.3, 0.4) is 0 Å². The van der Waals surface area contributed by atoms with E-state index in [9.17, 15) is 0 Å². The van der Waals surface area contributed by atoms with E-state index in [1.807, 2.05) is 0 Å². The molecule has 0 spiro atoms. The molecule has 0 aromatic carbocycles. The lowest BCUT2D eigenvalue weighted by atomic mass is 9.95. The second-order valence-electron chi connectivity index (χ2n) is 4.53. The van der Waals surface area contributed by atoms with Crippen molar-refractivity contribution in [3.05, 3.63) is 24.3 Å². The second kappa shape index (κ2) is 6.84. The lowest BCUT2D eigenvalue weighted by Gasteiger charge is -2.26. The molecular formula is C14H24O. The monoisotopic (exact) mass is 208 g/mol. The molecule has 1 fully saturated rings. The van der Waals surface area contributed by atoms with Gasteiger partial charge in [0.05, 0.1) is 12.7 Å². The predicted octanol–water partition coefficient (Wildman–Crippen LogP) is 4.25. The van der Waals surface area contributed by atoms with Crippen molar-refractivity contribution in [1.29, 1.82) is 0 Å². The van der Waals surface area contributed by atoms with E-state index in [0.29, 0.717) is 0 Å². The van der Waals surface area contributed by atoms with Crippen LogP contribution in [0.4, 0.5) is 0 Å². The van der Waals surface area contributed by atoms with E-state index in [0.717, 1.165) is 25.9 Å². The Labute approximate surface area is 94.2 Å². The van der Waals surface area contributed by atoms with Gasteiger partial charge in [0.25, 0.3) is 0 Å². The zero-order valence-corrected chi connectivity index (χ0v) is 10.1. The first-order valence-electron chi connectivity index (χ1n) is 6.20. The Morgan fingerprint density at radius 1 is 1.40 bits per heavy atom. The molecule has 1 saturated heterocycles. The fourth-order valence-electron chi connectivity index (χ4n) is 1.97. The summed E-state index contributed by atoms with van der Waals surface area (Å²) in [5.41, 5.74) is 2.59. The molecular weight excluding hydrogens is 184 g/mol. The van der Waals surface area contributed by atoms with E-state index in [2.05, 4.69) is 20.1 Å². The van der Waals surface area contributed by atoms with Gasteiger partial charge in [-0.05, 0) is 31.3 Å². The lowest BCUT2D eigenvalue weighted by molar-refractivity contribution is 0.0580. The van der Waals surface area contributed by atoms with Crippen molar-refractivity contribution in [2.75, 3.05) is 6.61 Å². The summed E-state index contributed by atoms with van der Waals surface area (Å²) in [4.78, 5) is 0. The van der Waals surface area contributed by atoms with Crippen molar-refractivity contribution in [3.63, 3.8) is 0 Å². The van der Waals surface area contributed by atoms with Gasteiger partial charge in [-0.15, -0.1) is 0 Å². The summed E-state index contributed by atoms with van der Waals surface area (Å²) in [5.74, 6) is 0. The van der Waals surface area contributed by atoms with Gasteiger partial charge < -0.3 is 4.74 Å². The molecule has 0 radical (unpaired) electrons. The van der Waals surface area contributed by atoms with E-state index in [1.54, 1.807) is 0 Å². The average molecular weight is 208 g/mol. The molecule has 1 aliphatic rings. The summed E-state index contributed by atoms with van der Waals surface area (Å²) >= 11 is 0. The summed E-state index contributed by atoms with van der Waals surface area (Å²) in [5, 5.41) is 0. The quantitative estimate of drug-likeness (QED) is 0.468. The van der Waals surface area contributed by atoms with Crippen LogP contribution in [0.15, 0.2) is 24.3 Å². The third kappa shape index (κ3) is 4.65. The molecule has 0 N–H and O–H groups in total. The minimum absolute atomic E-state index is 0.257. The molecule has 0 aliphatic carbocycles. The maximum atomic E-state index is 5.71. The maximum Gasteiger partial charge on any atom is 0.0819 e. The summed E-state index contributed by atoms with van der Waals surface area (Å²) in [6.07, 6.45) is 8.62. The van der Waals surface area contributed by atoms with Crippen LogP contribution in [-0.2, 0) is 4.74 Å². The van der Waals surface area contributed by atoms with E-state index in [-0.39, 0.29) is 6.10 Å². The van der Waals surface area contributed by atoms with Crippen molar-refractivity contribution in [2.24, 2.45) is 0 Å². The molecule has 1 rings (SSSR count). The van der Waals surface area contributed by atoms with Crippen LogP contribution in [-0.4, -0.2) is 12.7 Å². The second-order valence-corrected chi connectivity index (χ2v) is 4.53. The van der Waals surface area contributed by atoms with Gasteiger partial charge >= 0.3 is 0 Å². The highest BCUT2D eigenvalue weighted by Crippen LogP contribution is 2.25. The third-order valence-electron chi connectivity index (χ3n) is 3.06. The van der Waals surface area contributed by atoms with Crippen molar-refractivity contribution < 1.29 is 4.74 Å². The largest absolute Gasteiger partial charge is 0.373 e. The molecule has 1 nitrogen and oxygen atoms in total. The molecule has 15 heavy (non-hydrogen) atoms. The van der Waals surface area contributed by atoms with Crippen molar-refractivity contribution >= 4 is 0 Å². The number of hydrogen-bond donors (Lipinski definition) is 0. The predicted molar refractivity (Wildman–Crippen MR) is 66.0 cm³/mol. The zero-order chi connectivity index (χ0) is 11.1. The Morgan fingerprint density at radius 2 is 2.20 bits per heavy atom. The molecule has 0 bridgehead atoms. The molecule has 0 saturated carbocycles. The normalized spacial score (nSPS) is 21.7. The van der Waals surface area contributed by atoms with Crippen LogP contribution in [0.1, 0.15) is 51.9 Å². The summed E-state index contributed by atoms with van der Waals surface area (Å²) in [6, 6.07) is 0. The minimum Gasteiger partial charge on any atom is -0.373 e. The summed E-state index contributed by atoms with van der Waals surface area (Å²) in [6.45, 7) is 11.2. The van der Waals surface area contributed by atoms with E-state index in [1.165, 1.54) is 36.8 Å². The Balaban J connectivity index is 2.18. The van der Waals surface area contributed by atoms with Gasteiger partial charge in [-0.25, -0.2) is 0 Å². The Bertz CT molecular complexity index is 217. The van der Waals surface area contributed by atoms with E-state index >= 15 is 0 Å². The molecule has 1 atom stereocenters. The maximum absolute atomic E-state index is 5.71.